The van der Waals surface area contributed by atoms with Gasteiger partial charge in [-0.1, -0.05) is 70.4 Å². The van der Waals surface area contributed by atoms with Crippen molar-refractivity contribution in [3.63, 3.8) is 0 Å². The molecule has 0 aromatic heterocycles. The molecule has 1 unspecified atom stereocenters. The maximum Gasteiger partial charge on any atom is 0.0143 e. The monoisotopic (exact) mass is 401 g/mol. The molecule has 1 aromatic rings. The smallest absolute Gasteiger partial charge is 0.0143 e. The Labute approximate surface area is 179 Å². The highest BCUT2D eigenvalue weighted by Gasteiger charge is 2.39. The van der Waals surface area contributed by atoms with Crippen LogP contribution in [-0.4, -0.2) is 12.6 Å². The largest absolute Gasteiger partial charge is 0.310 e. The van der Waals surface area contributed by atoms with E-state index in [4.69, 9.17) is 0 Å². The summed E-state index contributed by atoms with van der Waals surface area (Å²) in [5.74, 6) is 1.69. The molecule has 1 aliphatic heterocycles. The molecule has 1 aromatic carbocycles. The van der Waals surface area contributed by atoms with E-state index >= 15 is 0 Å². The Morgan fingerprint density at radius 3 is 2.36 bits per heavy atom. The average Bonchev–Trinajstić information content (AvgIpc) is 3.36. The number of hydrogen-bond donors (Lipinski definition) is 1. The predicted molar refractivity (Wildman–Crippen MR) is 124 cm³/mol. The molecule has 0 amide bonds. The Bertz CT molecular complexity index is 710. The fourth-order valence-electron chi connectivity index (χ4n) is 6.29. The van der Waals surface area contributed by atoms with Gasteiger partial charge in [0.2, 0.25) is 0 Å². The van der Waals surface area contributed by atoms with Gasteiger partial charge in [-0.2, -0.15) is 0 Å². The van der Waals surface area contributed by atoms with Crippen molar-refractivity contribution in [2.24, 2.45) is 16.7 Å². The number of aryl methyl sites for hydroxylation is 1. The van der Waals surface area contributed by atoms with Gasteiger partial charge >= 0.3 is 0 Å². The van der Waals surface area contributed by atoms with Crippen molar-refractivity contribution < 1.29 is 0 Å². The summed E-state index contributed by atoms with van der Waals surface area (Å²) < 4.78 is 0. The summed E-state index contributed by atoms with van der Waals surface area (Å²) >= 11 is 0. The summed E-state index contributed by atoms with van der Waals surface area (Å²) in [6.07, 6.45) is 12.0. The van der Waals surface area contributed by atoms with E-state index in [-0.39, 0.29) is 12.4 Å². The number of halogens is 1. The summed E-state index contributed by atoms with van der Waals surface area (Å²) in [6, 6.07) is 7.96. The number of benzene rings is 1. The van der Waals surface area contributed by atoms with Crippen molar-refractivity contribution in [3.05, 3.63) is 41.0 Å². The number of nitrogens with one attached hydrogen (secondary N) is 1. The number of rotatable bonds is 4. The molecular weight excluding hydrogens is 362 g/mol. The molecule has 3 aliphatic rings. The third-order valence-corrected chi connectivity index (χ3v) is 7.08. The molecule has 2 heteroatoms. The van der Waals surface area contributed by atoms with Crippen LogP contribution < -0.4 is 5.32 Å². The van der Waals surface area contributed by atoms with E-state index < -0.39 is 0 Å². The Morgan fingerprint density at radius 1 is 1.04 bits per heavy atom. The van der Waals surface area contributed by atoms with Crippen LogP contribution in [0.5, 0.6) is 0 Å². The zero-order chi connectivity index (χ0) is 19.2. The third kappa shape index (κ3) is 5.22. The van der Waals surface area contributed by atoms with Crippen molar-refractivity contribution in [1.82, 2.24) is 5.32 Å². The van der Waals surface area contributed by atoms with Gasteiger partial charge in [-0.05, 0) is 78.4 Å². The molecule has 4 rings (SSSR count). The molecule has 2 fully saturated rings. The quantitative estimate of drug-likeness (QED) is 0.558. The van der Waals surface area contributed by atoms with Crippen LogP contribution in [0.3, 0.4) is 0 Å². The first-order valence-electron chi connectivity index (χ1n) is 11.2. The van der Waals surface area contributed by atoms with Crippen LogP contribution in [-0.2, 0) is 0 Å². The summed E-state index contributed by atoms with van der Waals surface area (Å²) in [6.45, 7) is 13.2. The first-order valence-corrected chi connectivity index (χ1v) is 11.2. The van der Waals surface area contributed by atoms with Crippen molar-refractivity contribution >= 4 is 18.0 Å². The van der Waals surface area contributed by atoms with Gasteiger partial charge in [-0.15, -0.1) is 12.4 Å². The Hall–Kier alpha value is -0.790. The molecule has 0 radical (unpaired) electrons. The van der Waals surface area contributed by atoms with Crippen LogP contribution in [0, 0.1) is 23.7 Å². The van der Waals surface area contributed by atoms with Crippen molar-refractivity contribution in [2.75, 3.05) is 6.54 Å². The summed E-state index contributed by atoms with van der Waals surface area (Å²) in [4.78, 5) is 0. The minimum Gasteiger partial charge on any atom is -0.310 e. The van der Waals surface area contributed by atoms with Crippen molar-refractivity contribution in [1.29, 1.82) is 0 Å². The van der Waals surface area contributed by atoms with Gasteiger partial charge in [0.25, 0.3) is 0 Å². The van der Waals surface area contributed by atoms with Crippen molar-refractivity contribution in [2.45, 2.75) is 91.5 Å². The molecule has 1 heterocycles. The molecule has 1 N–H and O–H groups in total. The zero-order valence-corrected chi connectivity index (χ0v) is 19.4. The van der Waals surface area contributed by atoms with E-state index in [1.165, 1.54) is 50.5 Å². The second kappa shape index (κ2) is 8.15. The standard InChI is InChI=1S/C26H39N.ClH/c1-18-6-9-23(20-10-11-27-22(14-20)13-19-7-8-19)24(12-18)21-15-25(2,3)17-26(4,5)16-21;/h6,9-10,12,19,21-22,27H,7-8,11,13-17H2,1-5H3;1H. The van der Waals surface area contributed by atoms with E-state index in [2.05, 4.69) is 64.2 Å². The van der Waals surface area contributed by atoms with Crippen molar-refractivity contribution in [3.8, 4) is 0 Å². The molecule has 2 saturated carbocycles. The minimum atomic E-state index is 0. The van der Waals surface area contributed by atoms with Gasteiger partial charge in [0.15, 0.2) is 0 Å². The lowest BCUT2D eigenvalue weighted by molar-refractivity contribution is 0.0968. The van der Waals surface area contributed by atoms with E-state index in [1.54, 1.807) is 16.7 Å². The van der Waals surface area contributed by atoms with Gasteiger partial charge in [0.05, 0.1) is 0 Å². The first kappa shape index (κ1) is 21.9. The Morgan fingerprint density at radius 2 is 1.71 bits per heavy atom. The highest BCUT2D eigenvalue weighted by atomic mass is 35.5. The zero-order valence-electron chi connectivity index (χ0n) is 18.6. The van der Waals surface area contributed by atoms with Crippen LogP contribution in [0.15, 0.2) is 24.3 Å². The average molecular weight is 402 g/mol. The molecule has 28 heavy (non-hydrogen) atoms. The Kier molecular flexibility index (Phi) is 6.38. The second-order valence-corrected chi connectivity index (χ2v) is 11.4. The van der Waals surface area contributed by atoms with Gasteiger partial charge in [-0.3, -0.25) is 0 Å². The van der Waals surface area contributed by atoms with Gasteiger partial charge < -0.3 is 5.32 Å². The molecular formula is C26H40ClN. The fraction of sp³-hybridized carbons (Fsp3) is 0.692. The van der Waals surface area contributed by atoms with Crippen LogP contribution in [0.1, 0.15) is 95.2 Å². The van der Waals surface area contributed by atoms with E-state index in [0.29, 0.717) is 22.8 Å². The molecule has 2 aliphatic carbocycles. The van der Waals surface area contributed by atoms with Crippen LogP contribution >= 0.6 is 12.4 Å². The second-order valence-electron chi connectivity index (χ2n) is 11.4. The lowest BCUT2D eigenvalue weighted by atomic mass is 9.59. The molecule has 156 valence electrons. The topological polar surface area (TPSA) is 12.0 Å². The first-order chi connectivity index (χ1) is 12.7. The van der Waals surface area contributed by atoms with Gasteiger partial charge in [-0.25, -0.2) is 0 Å². The van der Waals surface area contributed by atoms with E-state index in [9.17, 15) is 0 Å². The molecule has 1 atom stereocenters. The minimum absolute atomic E-state index is 0. The molecule has 0 bridgehead atoms. The third-order valence-electron chi connectivity index (χ3n) is 7.08. The SMILES string of the molecule is Cc1ccc(C2=CCNC(CC3CC3)C2)c(C2CC(C)(C)CC(C)(C)C2)c1.Cl. The highest BCUT2D eigenvalue weighted by Crippen LogP contribution is 2.53. The normalized spacial score (nSPS) is 27.0. The molecule has 0 spiro atoms. The fourth-order valence-corrected chi connectivity index (χ4v) is 6.29. The van der Waals surface area contributed by atoms with Gasteiger partial charge in [0.1, 0.15) is 0 Å². The summed E-state index contributed by atoms with van der Waals surface area (Å²) in [5, 5.41) is 3.75. The lowest BCUT2D eigenvalue weighted by Gasteiger charge is -2.46. The summed E-state index contributed by atoms with van der Waals surface area (Å²) in [5.41, 5.74) is 7.08. The predicted octanol–water partition coefficient (Wildman–Crippen LogP) is 7.28. The van der Waals surface area contributed by atoms with E-state index in [0.717, 1.165) is 12.5 Å². The van der Waals surface area contributed by atoms with Crippen LogP contribution in [0.4, 0.5) is 0 Å². The molecule has 0 saturated heterocycles. The summed E-state index contributed by atoms with van der Waals surface area (Å²) in [7, 11) is 0. The maximum atomic E-state index is 3.75. The van der Waals surface area contributed by atoms with Gasteiger partial charge in [0, 0.05) is 12.6 Å². The maximum absolute atomic E-state index is 3.75. The molecule has 1 nitrogen and oxygen atoms in total. The van der Waals surface area contributed by atoms with Crippen LogP contribution in [0.2, 0.25) is 0 Å². The van der Waals surface area contributed by atoms with Crippen LogP contribution in [0.25, 0.3) is 5.57 Å². The number of hydrogen-bond acceptors (Lipinski definition) is 1. The highest BCUT2D eigenvalue weighted by molar-refractivity contribution is 5.85. The van der Waals surface area contributed by atoms with E-state index in [1.807, 2.05) is 0 Å². The lowest BCUT2D eigenvalue weighted by Crippen LogP contribution is -2.34. The Balaban J connectivity index is 0.00000225.